The fourth-order valence-electron chi connectivity index (χ4n) is 2.27. The summed E-state index contributed by atoms with van der Waals surface area (Å²) >= 11 is 0. The minimum Gasteiger partial charge on any atom is -0.469 e. The van der Waals surface area contributed by atoms with Crippen molar-refractivity contribution >= 4 is 17.8 Å². The first-order valence-corrected chi connectivity index (χ1v) is 6.39. The Hall–Kier alpha value is -2.35. The maximum Gasteiger partial charge on any atom is 0.313 e. The van der Waals surface area contributed by atoms with Crippen LogP contribution in [0.15, 0.2) is 12.1 Å². The number of imide groups is 1. The lowest BCUT2D eigenvalue weighted by Gasteiger charge is -2.22. The molecular formula is C14H13F2NO5. The highest BCUT2D eigenvalue weighted by Crippen LogP contribution is 2.28. The first-order valence-electron chi connectivity index (χ1n) is 6.39. The molecule has 0 bridgehead atoms. The first kappa shape index (κ1) is 16.0. The molecule has 8 heteroatoms. The van der Waals surface area contributed by atoms with Gasteiger partial charge in [0, 0.05) is 6.54 Å². The summed E-state index contributed by atoms with van der Waals surface area (Å²) in [6.07, 6.45) is -1.22. The zero-order chi connectivity index (χ0) is 16.6. The van der Waals surface area contributed by atoms with Gasteiger partial charge >= 0.3 is 5.97 Å². The van der Waals surface area contributed by atoms with Gasteiger partial charge in [-0.05, 0) is 19.1 Å². The molecule has 0 aliphatic carbocycles. The number of rotatable bonds is 4. The second-order valence-corrected chi connectivity index (χ2v) is 4.87. The Morgan fingerprint density at radius 3 is 2.05 bits per heavy atom. The normalized spacial score (nSPS) is 16.5. The van der Waals surface area contributed by atoms with Crippen molar-refractivity contribution in [2.45, 2.75) is 13.0 Å². The number of hydrogen-bond acceptors (Lipinski definition) is 5. The van der Waals surface area contributed by atoms with Crippen LogP contribution in [0.2, 0.25) is 0 Å². The third-order valence-corrected chi connectivity index (χ3v) is 3.49. The number of aliphatic hydroxyl groups is 1. The summed E-state index contributed by atoms with van der Waals surface area (Å²) in [6.45, 7) is 0.747. The molecule has 1 N–H and O–H groups in total. The molecule has 22 heavy (non-hydrogen) atoms. The number of fused-ring (bicyclic) bond motifs is 1. The second-order valence-electron chi connectivity index (χ2n) is 4.87. The molecule has 0 spiro atoms. The highest BCUT2D eigenvalue weighted by atomic mass is 19.1. The predicted octanol–water partition coefficient (Wildman–Crippen LogP) is 0.731. The Bertz CT molecular complexity index is 618. The third kappa shape index (κ3) is 2.45. The van der Waals surface area contributed by atoms with Gasteiger partial charge in [-0.3, -0.25) is 19.3 Å². The molecule has 1 aliphatic rings. The molecule has 0 fully saturated rings. The highest BCUT2D eigenvalue weighted by Gasteiger charge is 2.43. The van der Waals surface area contributed by atoms with E-state index in [2.05, 4.69) is 4.74 Å². The van der Waals surface area contributed by atoms with E-state index in [9.17, 15) is 28.3 Å². The maximum atomic E-state index is 13.7. The van der Waals surface area contributed by atoms with Gasteiger partial charge in [0.05, 0.1) is 24.3 Å². The van der Waals surface area contributed by atoms with E-state index in [4.69, 9.17) is 0 Å². The molecule has 2 rings (SSSR count). The van der Waals surface area contributed by atoms with Crippen LogP contribution in [0.1, 0.15) is 27.6 Å². The number of benzene rings is 1. The SMILES string of the molecule is COC(=O)[C@@H](CN1C(=O)c2c(F)ccc(F)c2C1=O)[C@@H](C)O. The van der Waals surface area contributed by atoms with Crippen LogP contribution in [0.25, 0.3) is 0 Å². The summed E-state index contributed by atoms with van der Waals surface area (Å²) in [6, 6.07) is 1.49. The Balaban J connectivity index is 2.38. The van der Waals surface area contributed by atoms with Crippen molar-refractivity contribution in [2.24, 2.45) is 5.92 Å². The monoisotopic (exact) mass is 313 g/mol. The molecule has 1 aromatic carbocycles. The first-order chi connectivity index (χ1) is 10.3. The number of ether oxygens (including phenoxy) is 1. The van der Waals surface area contributed by atoms with E-state index < -0.39 is 59.1 Å². The number of methoxy groups -OCH3 is 1. The van der Waals surface area contributed by atoms with Crippen LogP contribution in [0.3, 0.4) is 0 Å². The molecule has 1 aliphatic heterocycles. The van der Waals surface area contributed by atoms with Crippen LogP contribution in [-0.4, -0.2) is 47.5 Å². The van der Waals surface area contributed by atoms with Crippen molar-refractivity contribution in [2.75, 3.05) is 13.7 Å². The van der Waals surface area contributed by atoms with Gasteiger partial charge in [-0.1, -0.05) is 0 Å². The van der Waals surface area contributed by atoms with Gasteiger partial charge in [0.15, 0.2) is 0 Å². The van der Waals surface area contributed by atoms with Crippen LogP contribution in [0.5, 0.6) is 0 Å². The van der Waals surface area contributed by atoms with Gasteiger partial charge in [-0.25, -0.2) is 8.78 Å². The minimum atomic E-state index is -1.22. The Morgan fingerprint density at radius 2 is 1.68 bits per heavy atom. The Morgan fingerprint density at radius 1 is 1.23 bits per heavy atom. The molecule has 0 unspecified atom stereocenters. The summed E-state index contributed by atoms with van der Waals surface area (Å²) in [5, 5.41) is 9.57. The number of esters is 1. The quantitative estimate of drug-likeness (QED) is 0.654. The average Bonchev–Trinajstić information content (AvgIpc) is 2.72. The fraction of sp³-hybridized carbons (Fsp3) is 0.357. The molecule has 1 heterocycles. The summed E-state index contributed by atoms with van der Waals surface area (Å²) < 4.78 is 31.8. The van der Waals surface area contributed by atoms with Gasteiger partial charge in [-0.15, -0.1) is 0 Å². The van der Waals surface area contributed by atoms with Crippen molar-refractivity contribution in [3.8, 4) is 0 Å². The molecule has 1 aromatic rings. The van der Waals surface area contributed by atoms with E-state index >= 15 is 0 Å². The number of amides is 2. The molecular weight excluding hydrogens is 300 g/mol. The smallest absolute Gasteiger partial charge is 0.313 e. The third-order valence-electron chi connectivity index (χ3n) is 3.49. The minimum absolute atomic E-state index is 0.532. The van der Waals surface area contributed by atoms with E-state index in [1.165, 1.54) is 6.92 Å². The molecule has 118 valence electrons. The highest BCUT2D eigenvalue weighted by molar-refractivity contribution is 6.21. The number of aliphatic hydroxyl groups excluding tert-OH is 1. The number of hydrogen-bond donors (Lipinski definition) is 1. The molecule has 2 atom stereocenters. The zero-order valence-electron chi connectivity index (χ0n) is 11.8. The van der Waals surface area contributed by atoms with Gasteiger partial charge in [0.25, 0.3) is 11.8 Å². The Labute approximate surface area is 124 Å². The van der Waals surface area contributed by atoms with Crippen LogP contribution in [-0.2, 0) is 9.53 Å². The standard InChI is InChI=1S/C14H13F2NO5/c1-6(18)7(14(21)22-2)5-17-12(19)10-8(15)3-4-9(16)11(10)13(17)20/h3-4,6-7,18H,5H2,1-2H3/t6-,7+/m1/s1. The van der Waals surface area contributed by atoms with Crippen LogP contribution < -0.4 is 0 Å². The zero-order valence-corrected chi connectivity index (χ0v) is 11.8. The Kier molecular flexibility index (Phi) is 4.23. The maximum absolute atomic E-state index is 13.7. The van der Waals surface area contributed by atoms with E-state index in [-0.39, 0.29) is 0 Å². The lowest BCUT2D eigenvalue weighted by Crippen LogP contribution is -2.42. The van der Waals surface area contributed by atoms with Crippen molar-refractivity contribution in [3.63, 3.8) is 0 Å². The van der Waals surface area contributed by atoms with Crippen molar-refractivity contribution in [1.29, 1.82) is 0 Å². The lowest BCUT2D eigenvalue weighted by atomic mass is 10.0. The van der Waals surface area contributed by atoms with Gasteiger partial charge < -0.3 is 9.84 Å². The fourth-order valence-corrected chi connectivity index (χ4v) is 2.27. The molecule has 0 aromatic heterocycles. The molecule has 0 saturated heterocycles. The van der Waals surface area contributed by atoms with Gasteiger partial charge in [0.2, 0.25) is 0 Å². The lowest BCUT2D eigenvalue weighted by molar-refractivity contribution is -0.149. The molecule has 6 nitrogen and oxygen atoms in total. The number of carbonyl (C=O) groups is 3. The summed E-state index contributed by atoms with van der Waals surface area (Å²) in [5.41, 5.74) is -1.33. The van der Waals surface area contributed by atoms with Crippen LogP contribution in [0.4, 0.5) is 8.78 Å². The number of halogens is 2. The van der Waals surface area contributed by atoms with Crippen molar-refractivity contribution in [1.82, 2.24) is 4.90 Å². The second kappa shape index (κ2) is 5.80. The van der Waals surface area contributed by atoms with Crippen LogP contribution in [0, 0.1) is 17.6 Å². The summed E-state index contributed by atoms with van der Waals surface area (Å²) in [7, 11) is 1.08. The van der Waals surface area contributed by atoms with E-state index in [1.807, 2.05) is 0 Å². The summed E-state index contributed by atoms with van der Waals surface area (Å²) in [4.78, 5) is 36.3. The summed E-state index contributed by atoms with van der Waals surface area (Å²) in [5.74, 6) is -6.20. The largest absolute Gasteiger partial charge is 0.469 e. The average molecular weight is 313 g/mol. The van der Waals surface area contributed by atoms with E-state index in [0.717, 1.165) is 19.2 Å². The van der Waals surface area contributed by atoms with E-state index in [1.54, 1.807) is 0 Å². The van der Waals surface area contributed by atoms with Crippen molar-refractivity contribution in [3.05, 3.63) is 34.9 Å². The topological polar surface area (TPSA) is 83.9 Å². The molecule has 0 saturated carbocycles. The number of nitrogens with zero attached hydrogens (tertiary/aromatic N) is 1. The van der Waals surface area contributed by atoms with E-state index in [0.29, 0.717) is 4.90 Å². The van der Waals surface area contributed by atoms with Crippen molar-refractivity contribution < 1.29 is 33.0 Å². The number of carbonyl (C=O) groups excluding carboxylic acids is 3. The predicted molar refractivity (Wildman–Crippen MR) is 68.9 cm³/mol. The molecule has 0 radical (unpaired) electrons. The van der Waals surface area contributed by atoms with Crippen LogP contribution >= 0.6 is 0 Å². The van der Waals surface area contributed by atoms with Gasteiger partial charge in [-0.2, -0.15) is 0 Å². The van der Waals surface area contributed by atoms with Gasteiger partial charge in [0.1, 0.15) is 17.6 Å². The molecule has 2 amide bonds.